The predicted molar refractivity (Wildman–Crippen MR) is 99.5 cm³/mol. The van der Waals surface area contributed by atoms with E-state index in [1.54, 1.807) is 18.4 Å². The Hall–Kier alpha value is -2.28. The van der Waals surface area contributed by atoms with E-state index in [4.69, 9.17) is 9.47 Å². The number of nitrogens with one attached hydrogen (secondary N) is 2. The number of rotatable bonds is 7. The van der Waals surface area contributed by atoms with Gasteiger partial charge in [0.1, 0.15) is 0 Å². The fourth-order valence-corrected chi connectivity index (χ4v) is 2.79. The largest absolute Gasteiger partial charge is 0.493 e. The van der Waals surface area contributed by atoms with Crippen LogP contribution < -0.4 is 20.1 Å². The number of hydrogen-bond donors (Lipinski definition) is 2. The van der Waals surface area contributed by atoms with Crippen LogP contribution in [0.4, 0.5) is 5.69 Å². The van der Waals surface area contributed by atoms with E-state index >= 15 is 0 Å². The Bertz CT molecular complexity index is 685. The van der Waals surface area contributed by atoms with Crippen LogP contribution in [0.2, 0.25) is 0 Å². The van der Waals surface area contributed by atoms with Gasteiger partial charge in [0.2, 0.25) is 0 Å². The molecule has 2 N–H and O–H groups in total. The van der Waals surface area contributed by atoms with Crippen molar-refractivity contribution in [2.24, 2.45) is 4.99 Å². The SMILES string of the molecule is CCNC(=NCc1scnc1C)Nc1ccc(OCC)c(OC)c1. The molecule has 0 radical (unpaired) electrons. The van der Waals surface area contributed by atoms with Crippen molar-refractivity contribution < 1.29 is 9.47 Å². The summed E-state index contributed by atoms with van der Waals surface area (Å²) in [4.78, 5) is 10.0. The Morgan fingerprint density at radius 1 is 1.29 bits per heavy atom. The summed E-state index contributed by atoms with van der Waals surface area (Å²) in [5, 5.41) is 6.53. The van der Waals surface area contributed by atoms with E-state index < -0.39 is 0 Å². The molecule has 0 aliphatic rings. The van der Waals surface area contributed by atoms with Crippen molar-refractivity contribution in [2.45, 2.75) is 27.3 Å². The molecule has 0 aliphatic carbocycles. The van der Waals surface area contributed by atoms with E-state index in [1.807, 2.05) is 44.5 Å². The number of guanidine groups is 1. The summed E-state index contributed by atoms with van der Waals surface area (Å²) < 4.78 is 10.9. The highest BCUT2D eigenvalue weighted by Gasteiger charge is 2.07. The second-order valence-corrected chi connectivity index (χ2v) is 5.92. The molecule has 0 aliphatic heterocycles. The Morgan fingerprint density at radius 3 is 2.75 bits per heavy atom. The molecule has 24 heavy (non-hydrogen) atoms. The van der Waals surface area contributed by atoms with E-state index in [9.17, 15) is 0 Å². The first kappa shape index (κ1) is 18.1. The van der Waals surface area contributed by atoms with Gasteiger partial charge in [-0.05, 0) is 32.9 Å². The fourth-order valence-electron chi connectivity index (χ4n) is 2.09. The molecule has 0 fully saturated rings. The van der Waals surface area contributed by atoms with Gasteiger partial charge in [-0.3, -0.25) is 0 Å². The highest BCUT2D eigenvalue weighted by molar-refractivity contribution is 7.09. The van der Waals surface area contributed by atoms with Gasteiger partial charge in [0.25, 0.3) is 0 Å². The Labute approximate surface area is 146 Å². The van der Waals surface area contributed by atoms with Crippen LogP contribution in [-0.2, 0) is 6.54 Å². The second-order valence-electron chi connectivity index (χ2n) is 4.98. The third kappa shape index (κ3) is 4.86. The zero-order chi connectivity index (χ0) is 17.4. The van der Waals surface area contributed by atoms with Gasteiger partial charge in [-0.15, -0.1) is 11.3 Å². The highest BCUT2D eigenvalue weighted by atomic mass is 32.1. The van der Waals surface area contributed by atoms with E-state index in [-0.39, 0.29) is 0 Å². The van der Waals surface area contributed by atoms with Gasteiger partial charge in [-0.25, -0.2) is 9.98 Å². The zero-order valence-electron chi connectivity index (χ0n) is 14.5. The molecule has 0 spiro atoms. The average Bonchev–Trinajstić information content (AvgIpc) is 2.99. The maximum atomic E-state index is 5.54. The molecule has 2 aromatic rings. The van der Waals surface area contributed by atoms with Crippen molar-refractivity contribution in [2.75, 3.05) is 25.6 Å². The molecule has 7 heteroatoms. The molecular weight excluding hydrogens is 324 g/mol. The highest BCUT2D eigenvalue weighted by Crippen LogP contribution is 2.30. The summed E-state index contributed by atoms with van der Waals surface area (Å²) in [5.41, 5.74) is 3.76. The second kappa shape index (κ2) is 9.12. The number of benzene rings is 1. The minimum Gasteiger partial charge on any atom is -0.493 e. The number of aryl methyl sites for hydroxylation is 1. The molecule has 2 rings (SSSR count). The van der Waals surface area contributed by atoms with E-state index in [0.29, 0.717) is 18.9 Å². The molecule has 0 amide bonds. The monoisotopic (exact) mass is 348 g/mol. The molecule has 1 aromatic heterocycles. The van der Waals surface area contributed by atoms with Gasteiger partial charge in [0.05, 0.1) is 31.5 Å². The van der Waals surface area contributed by atoms with Crippen molar-refractivity contribution in [3.05, 3.63) is 34.3 Å². The molecule has 130 valence electrons. The van der Waals surface area contributed by atoms with Crippen LogP contribution in [0.5, 0.6) is 11.5 Å². The molecular formula is C17H24N4O2S. The summed E-state index contributed by atoms with van der Waals surface area (Å²) in [7, 11) is 1.63. The number of aliphatic imine (C=N–C) groups is 1. The molecule has 1 aromatic carbocycles. The fraction of sp³-hybridized carbons (Fsp3) is 0.412. The van der Waals surface area contributed by atoms with Gasteiger partial charge < -0.3 is 20.1 Å². The number of ether oxygens (including phenoxy) is 2. The van der Waals surface area contributed by atoms with Crippen molar-refractivity contribution in [1.82, 2.24) is 10.3 Å². The first-order valence-electron chi connectivity index (χ1n) is 7.93. The number of aromatic nitrogens is 1. The van der Waals surface area contributed by atoms with E-state index in [1.165, 1.54) is 0 Å². The smallest absolute Gasteiger partial charge is 0.196 e. The lowest BCUT2D eigenvalue weighted by atomic mass is 10.2. The van der Waals surface area contributed by atoms with Crippen LogP contribution in [0.3, 0.4) is 0 Å². The van der Waals surface area contributed by atoms with Crippen molar-refractivity contribution in [1.29, 1.82) is 0 Å². The number of methoxy groups -OCH3 is 1. The van der Waals surface area contributed by atoms with Crippen molar-refractivity contribution in [3.63, 3.8) is 0 Å². The van der Waals surface area contributed by atoms with Gasteiger partial charge in [0, 0.05) is 23.2 Å². The molecule has 1 heterocycles. The maximum absolute atomic E-state index is 5.54. The zero-order valence-corrected chi connectivity index (χ0v) is 15.4. The normalized spacial score (nSPS) is 11.2. The molecule has 0 saturated heterocycles. The minimum atomic E-state index is 0.597. The summed E-state index contributed by atoms with van der Waals surface area (Å²) in [5.74, 6) is 2.14. The lowest BCUT2D eigenvalue weighted by Crippen LogP contribution is -2.30. The standard InChI is InChI=1S/C17H24N4O2S/c1-5-18-17(19-10-16-12(3)20-11-24-16)21-13-7-8-14(23-6-2)15(9-13)22-4/h7-9,11H,5-6,10H2,1-4H3,(H2,18,19,21). The number of nitrogens with zero attached hydrogens (tertiary/aromatic N) is 2. The van der Waals surface area contributed by atoms with Crippen LogP contribution in [0, 0.1) is 6.92 Å². The van der Waals surface area contributed by atoms with Gasteiger partial charge >= 0.3 is 0 Å². The Kier molecular flexibility index (Phi) is 6.87. The van der Waals surface area contributed by atoms with Gasteiger partial charge in [-0.1, -0.05) is 0 Å². The maximum Gasteiger partial charge on any atom is 0.196 e. The summed E-state index contributed by atoms with van der Waals surface area (Å²) in [6, 6.07) is 5.73. The average molecular weight is 348 g/mol. The van der Waals surface area contributed by atoms with Crippen LogP contribution in [0.1, 0.15) is 24.4 Å². The molecule has 0 bridgehead atoms. The Morgan fingerprint density at radius 2 is 2.12 bits per heavy atom. The van der Waals surface area contributed by atoms with Crippen molar-refractivity contribution >= 4 is 23.0 Å². The van der Waals surface area contributed by atoms with Crippen LogP contribution in [0.25, 0.3) is 0 Å². The number of thiazole rings is 1. The first-order valence-corrected chi connectivity index (χ1v) is 8.81. The van der Waals surface area contributed by atoms with Gasteiger partial charge in [0.15, 0.2) is 17.5 Å². The van der Waals surface area contributed by atoms with Crippen LogP contribution in [0.15, 0.2) is 28.7 Å². The number of hydrogen-bond acceptors (Lipinski definition) is 5. The summed E-state index contributed by atoms with van der Waals surface area (Å²) in [6.07, 6.45) is 0. The quantitative estimate of drug-likeness (QED) is 0.593. The van der Waals surface area contributed by atoms with E-state index in [0.717, 1.165) is 34.5 Å². The number of anilines is 1. The third-order valence-electron chi connectivity index (χ3n) is 3.30. The summed E-state index contributed by atoms with van der Waals surface area (Å²) in [6.45, 7) is 7.96. The molecule has 0 unspecified atom stereocenters. The summed E-state index contributed by atoms with van der Waals surface area (Å²) >= 11 is 1.62. The molecule has 0 saturated carbocycles. The molecule has 6 nitrogen and oxygen atoms in total. The van der Waals surface area contributed by atoms with Gasteiger partial charge in [-0.2, -0.15) is 0 Å². The van der Waals surface area contributed by atoms with Crippen molar-refractivity contribution in [3.8, 4) is 11.5 Å². The third-order valence-corrected chi connectivity index (χ3v) is 4.22. The Balaban J connectivity index is 2.13. The lowest BCUT2D eigenvalue weighted by molar-refractivity contribution is 0.311. The van der Waals surface area contributed by atoms with E-state index in [2.05, 4.69) is 20.6 Å². The molecule has 0 atom stereocenters. The van der Waals surface area contributed by atoms with Crippen LogP contribution in [-0.4, -0.2) is 31.2 Å². The predicted octanol–water partition coefficient (Wildman–Crippen LogP) is 3.44. The van der Waals surface area contributed by atoms with Crippen LogP contribution >= 0.6 is 11.3 Å². The minimum absolute atomic E-state index is 0.597. The lowest BCUT2D eigenvalue weighted by Gasteiger charge is -2.14. The first-order chi connectivity index (χ1) is 11.7. The topological polar surface area (TPSA) is 67.8 Å².